The second kappa shape index (κ2) is 9.43. The molecule has 4 heterocycles. The molecule has 0 radical (unpaired) electrons. The summed E-state index contributed by atoms with van der Waals surface area (Å²) in [6.45, 7) is 5.76. The van der Waals surface area contributed by atoms with Crippen molar-refractivity contribution in [3.05, 3.63) is 47.3 Å². The van der Waals surface area contributed by atoms with Gasteiger partial charge in [-0.15, -0.1) is 12.4 Å². The second-order valence-electron chi connectivity index (χ2n) is 9.81. The normalized spacial score (nSPS) is 23.5. The average molecular weight is 501 g/mol. The van der Waals surface area contributed by atoms with Gasteiger partial charge in [0.2, 0.25) is 11.8 Å². The Labute approximate surface area is 209 Å². The first kappa shape index (κ1) is 24.9. The maximum absolute atomic E-state index is 13.2. The molecule has 3 aliphatic heterocycles. The number of fused-ring (bicyclic) bond motifs is 1. The van der Waals surface area contributed by atoms with Crippen LogP contribution < -0.4 is 16.0 Å². The third-order valence-corrected chi connectivity index (χ3v) is 6.81. The van der Waals surface area contributed by atoms with Crippen LogP contribution >= 0.6 is 12.4 Å². The first-order valence-corrected chi connectivity index (χ1v) is 11.6. The highest BCUT2D eigenvalue weighted by Gasteiger charge is 2.45. The number of piperidine rings is 2. The quantitative estimate of drug-likeness (QED) is 0.536. The number of rotatable bonds is 5. The lowest BCUT2D eigenvalue weighted by molar-refractivity contribution is -0.136. The van der Waals surface area contributed by atoms with Gasteiger partial charge in [-0.05, 0) is 51.8 Å². The minimum atomic E-state index is -0.981. The predicted molar refractivity (Wildman–Crippen MR) is 130 cm³/mol. The van der Waals surface area contributed by atoms with Crippen molar-refractivity contribution in [2.24, 2.45) is 0 Å². The molecular weight excluding hydrogens is 472 g/mol. The van der Waals surface area contributed by atoms with Crippen LogP contribution in [0.5, 0.6) is 0 Å². The van der Waals surface area contributed by atoms with Crippen molar-refractivity contribution in [3.8, 4) is 0 Å². The predicted octanol–water partition coefficient (Wildman–Crippen LogP) is 2.02. The molecule has 1 aromatic carbocycles. The number of carbonyl (C=O) groups is 4. The molecule has 2 saturated heterocycles. The zero-order chi connectivity index (χ0) is 24.0. The number of hydrogen-bond acceptors (Lipinski definition) is 7. The number of amides is 4. The van der Waals surface area contributed by atoms with Crippen LogP contribution in [0, 0.1) is 0 Å². The number of aromatic nitrogens is 2. The fraction of sp³-hybridized carbons (Fsp3) is 0.458. The van der Waals surface area contributed by atoms with Crippen LogP contribution in [0.3, 0.4) is 0 Å². The van der Waals surface area contributed by atoms with Crippen LogP contribution in [0.4, 0.5) is 5.69 Å². The average Bonchev–Trinajstić information content (AvgIpc) is 3.36. The van der Waals surface area contributed by atoms with Crippen molar-refractivity contribution in [3.63, 3.8) is 0 Å². The molecule has 0 spiro atoms. The second-order valence-corrected chi connectivity index (χ2v) is 9.81. The van der Waals surface area contributed by atoms with E-state index in [0.29, 0.717) is 18.3 Å². The van der Waals surface area contributed by atoms with E-state index in [2.05, 4.69) is 34.9 Å². The molecule has 0 aliphatic carbocycles. The Morgan fingerprint density at radius 3 is 2.69 bits per heavy atom. The molecule has 3 aliphatic rings. The topological polar surface area (TPSA) is 125 Å². The Morgan fingerprint density at radius 2 is 1.94 bits per heavy atom. The molecule has 11 heteroatoms. The summed E-state index contributed by atoms with van der Waals surface area (Å²) in [6.07, 6.45) is 6.05. The van der Waals surface area contributed by atoms with Crippen molar-refractivity contribution in [1.29, 1.82) is 0 Å². The van der Waals surface area contributed by atoms with Crippen LogP contribution in [0.1, 0.15) is 71.9 Å². The summed E-state index contributed by atoms with van der Waals surface area (Å²) in [5.41, 5.74) is 2.07. The van der Waals surface area contributed by atoms with Crippen LogP contribution in [0.25, 0.3) is 0 Å². The van der Waals surface area contributed by atoms with E-state index in [0.717, 1.165) is 29.8 Å². The number of hydrogen-bond donors (Lipinski definition) is 3. The largest absolute Gasteiger partial charge is 0.380 e. The molecule has 1 aromatic heterocycles. The number of imide groups is 2. The van der Waals surface area contributed by atoms with E-state index in [1.807, 2.05) is 17.1 Å². The Hall–Kier alpha value is -3.24. The number of nitrogens with zero attached hydrogens (tertiary/aromatic N) is 3. The molecule has 4 amide bonds. The van der Waals surface area contributed by atoms with Crippen molar-refractivity contribution in [1.82, 2.24) is 25.3 Å². The molecule has 2 unspecified atom stereocenters. The number of carbonyl (C=O) groups excluding carboxylic acids is 4. The molecular formula is C24H29ClN6O4. The summed E-state index contributed by atoms with van der Waals surface area (Å²) < 4.78 is 2.01. The maximum atomic E-state index is 13.2. The van der Waals surface area contributed by atoms with Gasteiger partial charge in [0.15, 0.2) is 0 Å². The molecule has 0 bridgehead atoms. The fourth-order valence-electron chi connectivity index (χ4n) is 5.09. The van der Waals surface area contributed by atoms with Gasteiger partial charge in [0.25, 0.3) is 11.8 Å². The molecule has 2 aromatic rings. The van der Waals surface area contributed by atoms with Gasteiger partial charge in [-0.1, -0.05) is 6.07 Å². The Morgan fingerprint density at radius 1 is 1.14 bits per heavy atom. The summed E-state index contributed by atoms with van der Waals surface area (Å²) >= 11 is 0. The summed E-state index contributed by atoms with van der Waals surface area (Å²) in [5, 5.41) is 13.6. The van der Waals surface area contributed by atoms with Crippen LogP contribution in [-0.2, 0) is 16.1 Å². The monoisotopic (exact) mass is 500 g/mol. The van der Waals surface area contributed by atoms with E-state index in [9.17, 15) is 19.2 Å². The van der Waals surface area contributed by atoms with E-state index in [4.69, 9.17) is 0 Å². The molecule has 186 valence electrons. The molecule has 35 heavy (non-hydrogen) atoms. The van der Waals surface area contributed by atoms with Gasteiger partial charge < -0.3 is 10.6 Å². The lowest BCUT2D eigenvalue weighted by Gasteiger charge is -2.36. The third-order valence-electron chi connectivity index (χ3n) is 6.81. The van der Waals surface area contributed by atoms with E-state index >= 15 is 0 Å². The lowest BCUT2D eigenvalue weighted by Crippen LogP contribution is -2.54. The first-order valence-electron chi connectivity index (χ1n) is 11.6. The highest BCUT2D eigenvalue weighted by atomic mass is 35.5. The first-order chi connectivity index (χ1) is 16.2. The molecule has 2 fully saturated rings. The lowest BCUT2D eigenvalue weighted by atomic mass is 9.89. The van der Waals surface area contributed by atoms with Crippen LogP contribution in [0.2, 0.25) is 0 Å². The van der Waals surface area contributed by atoms with Crippen molar-refractivity contribution in [2.75, 3.05) is 11.9 Å². The molecule has 3 N–H and O–H groups in total. The summed E-state index contributed by atoms with van der Waals surface area (Å²) in [4.78, 5) is 51.0. The standard InChI is InChI=1S/C24H28N6O4.ClH/c1-24(2)10-15(8-9-26-24)29-13-14(12-27-29)11-25-17-5-3-4-16-20(17)23(34)30(22(16)33)18-6-7-19(31)28-21(18)32;/h3-5,12-13,15,18,25-26H,6-11H2,1-2H3,(H,28,31,32);1H. The highest BCUT2D eigenvalue weighted by Crippen LogP contribution is 2.33. The van der Waals surface area contributed by atoms with Gasteiger partial charge in [-0.25, -0.2) is 0 Å². The van der Waals surface area contributed by atoms with Crippen molar-refractivity contribution in [2.45, 2.75) is 63.7 Å². The van der Waals surface area contributed by atoms with Crippen molar-refractivity contribution >= 4 is 41.7 Å². The van der Waals surface area contributed by atoms with Gasteiger partial charge in [-0.2, -0.15) is 5.10 Å². The van der Waals surface area contributed by atoms with Crippen molar-refractivity contribution < 1.29 is 19.2 Å². The third kappa shape index (κ3) is 4.68. The van der Waals surface area contributed by atoms with E-state index in [-0.39, 0.29) is 41.9 Å². The van der Waals surface area contributed by atoms with E-state index in [1.54, 1.807) is 18.2 Å². The SMILES string of the molecule is CC1(C)CC(n2cc(CNc3cccc4c3C(=O)N(C3CCC(=O)NC3=O)C4=O)cn2)CCN1.Cl. The molecule has 10 nitrogen and oxygen atoms in total. The van der Waals surface area contributed by atoms with E-state index in [1.165, 1.54) is 0 Å². The van der Waals surface area contributed by atoms with Crippen LogP contribution in [0.15, 0.2) is 30.6 Å². The Kier molecular flexibility index (Phi) is 6.70. The van der Waals surface area contributed by atoms with Gasteiger partial charge in [0, 0.05) is 36.0 Å². The fourth-order valence-corrected chi connectivity index (χ4v) is 5.09. The summed E-state index contributed by atoms with van der Waals surface area (Å²) in [6, 6.07) is 4.39. The molecule has 5 rings (SSSR count). The molecule has 0 saturated carbocycles. The number of halogens is 1. The highest BCUT2D eigenvalue weighted by molar-refractivity contribution is 6.25. The van der Waals surface area contributed by atoms with Gasteiger partial charge in [0.1, 0.15) is 6.04 Å². The van der Waals surface area contributed by atoms with Gasteiger partial charge in [-0.3, -0.25) is 34.1 Å². The van der Waals surface area contributed by atoms with Gasteiger partial charge >= 0.3 is 0 Å². The zero-order valence-corrected chi connectivity index (χ0v) is 20.5. The summed E-state index contributed by atoms with van der Waals surface area (Å²) in [7, 11) is 0. The smallest absolute Gasteiger partial charge is 0.264 e. The molecule has 2 atom stereocenters. The van der Waals surface area contributed by atoms with Gasteiger partial charge in [0.05, 0.1) is 23.4 Å². The Bertz CT molecular complexity index is 1190. The number of anilines is 1. The maximum Gasteiger partial charge on any atom is 0.264 e. The minimum absolute atomic E-state index is 0. The zero-order valence-electron chi connectivity index (χ0n) is 19.7. The summed E-state index contributed by atoms with van der Waals surface area (Å²) in [5.74, 6) is -2.05. The number of benzene rings is 1. The number of nitrogens with one attached hydrogen (secondary N) is 3. The van der Waals surface area contributed by atoms with E-state index < -0.39 is 29.7 Å². The minimum Gasteiger partial charge on any atom is -0.380 e. The van der Waals surface area contributed by atoms with Crippen LogP contribution in [-0.4, -0.2) is 56.4 Å². The Balaban J connectivity index is 0.00000289.